The molecule has 1 amide bonds. The largest absolute Gasteiger partial charge is 0.465 e. The Morgan fingerprint density at radius 1 is 1.73 bits per heavy atom. The van der Waals surface area contributed by atoms with Crippen LogP contribution in [0.25, 0.3) is 0 Å². The minimum atomic E-state index is -1.13. The average molecular weight is 157 g/mol. The predicted molar refractivity (Wildman–Crippen MR) is 35.5 cm³/mol. The molecule has 1 aromatic heterocycles. The number of aromatic nitrogens is 2. The van der Waals surface area contributed by atoms with Gasteiger partial charge in [-0.2, -0.15) is 4.98 Å². The van der Waals surface area contributed by atoms with Gasteiger partial charge in [0.1, 0.15) is 0 Å². The Balaban J connectivity index is 2.84. The molecule has 0 fully saturated rings. The van der Waals surface area contributed by atoms with E-state index in [9.17, 15) is 4.79 Å². The number of anilines is 1. The molecule has 0 aromatic carbocycles. The Bertz CT molecular complexity index is 270. The quantitative estimate of drug-likeness (QED) is 0.641. The van der Waals surface area contributed by atoms with Crippen molar-refractivity contribution in [3.05, 3.63) is 5.82 Å². The highest BCUT2D eigenvalue weighted by Gasteiger charge is 2.14. The van der Waals surface area contributed by atoms with Crippen LogP contribution in [0.3, 0.4) is 0 Å². The molecule has 0 atom stereocenters. The molecule has 1 heterocycles. The van der Waals surface area contributed by atoms with E-state index in [1.807, 2.05) is 0 Å². The van der Waals surface area contributed by atoms with Crippen LogP contribution in [0, 0.1) is 6.92 Å². The van der Waals surface area contributed by atoms with Crippen molar-refractivity contribution < 1.29 is 14.4 Å². The molecule has 0 bridgehead atoms. The maximum Gasteiger partial charge on any atom is 0.415 e. The number of carboxylic acid groups (broad SMARTS) is 1. The van der Waals surface area contributed by atoms with Gasteiger partial charge in [-0.25, -0.2) is 9.69 Å². The van der Waals surface area contributed by atoms with Crippen molar-refractivity contribution in [1.29, 1.82) is 0 Å². The van der Waals surface area contributed by atoms with Gasteiger partial charge in [-0.3, -0.25) is 0 Å². The van der Waals surface area contributed by atoms with Gasteiger partial charge in [0.05, 0.1) is 0 Å². The molecule has 1 aromatic rings. The van der Waals surface area contributed by atoms with E-state index in [4.69, 9.17) is 5.11 Å². The smallest absolute Gasteiger partial charge is 0.415 e. The first-order valence-corrected chi connectivity index (χ1v) is 2.88. The zero-order valence-corrected chi connectivity index (χ0v) is 6.11. The van der Waals surface area contributed by atoms with Gasteiger partial charge in [-0.15, -0.1) is 0 Å². The van der Waals surface area contributed by atoms with Crippen LogP contribution in [0.2, 0.25) is 0 Å². The minimum Gasteiger partial charge on any atom is -0.465 e. The normalized spacial score (nSPS) is 9.64. The molecule has 1 rings (SSSR count). The van der Waals surface area contributed by atoms with Crippen LogP contribution < -0.4 is 4.90 Å². The van der Waals surface area contributed by atoms with Crippen LogP contribution >= 0.6 is 0 Å². The second-order valence-electron chi connectivity index (χ2n) is 1.97. The molecular formula is C5H7N3O3. The van der Waals surface area contributed by atoms with Crippen molar-refractivity contribution in [1.82, 2.24) is 10.1 Å². The molecule has 0 spiro atoms. The molecule has 11 heavy (non-hydrogen) atoms. The number of amides is 1. The summed E-state index contributed by atoms with van der Waals surface area (Å²) in [5.74, 6) is 0.410. The van der Waals surface area contributed by atoms with E-state index in [-0.39, 0.29) is 6.01 Å². The van der Waals surface area contributed by atoms with E-state index in [1.54, 1.807) is 6.92 Å². The first kappa shape index (κ1) is 7.52. The number of rotatable bonds is 1. The maximum absolute atomic E-state index is 10.3. The fraction of sp³-hybridized carbons (Fsp3) is 0.400. The van der Waals surface area contributed by atoms with Gasteiger partial charge in [0.15, 0.2) is 5.82 Å². The second-order valence-corrected chi connectivity index (χ2v) is 1.97. The summed E-state index contributed by atoms with van der Waals surface area (Å²) in [4.78, 5) is 14.9. The van der Waals surface area contributed by atoms with Crippen LogP contribution in [0.4, 0.5) is 10.8 Å². The highest BCUT2D eigenvalue weighted by atomic mass is 16.5. The molecule has 6 nitrogen and oxygen atoms in total. The van der Waals surface area contributed by atoms with Crippen LogP contribution in [-0.2, 0) is 0 Å². The van der Waals surface area contributed by atoms with Gasteiger partial charge in [-0.1, -0.05) is 5.16 Å². The fourth-order valence-electron chi connectivity index (χ4n) is 0.504. The summed E-state index contributed by atoms with van der Waals surface area (Å²) in [5.41, 5.74) is 0. The third-order valence-corrected chi connectivity index (χ3v) is 1.09. The number of hydrogen-bond acceptors (Lipinski definition) is 4. The van der Waals surface area contributed by atoms with Gasteiger partial charge in [-0.05, 0) is 6.92 Å². The predicted octanol–water partition coefficient (Wildman–Crippen LogP) is 0.492. The zero-order chi connectivity index (χ0) is 8.43. The molecule has 0 saturated carbocycles. The van der Waals surface area contributed by atoms with Crippen molar-refractivity contribution in [3.63, 3.8) is 0 Å². The third-order valence-electron chi connectivity index (χ3n) is 1.09. The highest BCUT2D eigenvalue weighted by molar-refractivity contribution is 5.82. The van der Waals surface area contributed by atoms with Crippen LogP contribution in [0.1, 0.15) is 5.82 Å². The summed E-state index contributed by atoms with van der Waals surface area (Å²) in [6.07, 6.45) is -1.13. The van der Waals surface area contributed by atoms with Gasteiger partial charge in [0, 0.05) is 7.05 Å². The SMILES string of the molecule is Cc1noc(N(C)C(=O)O)n1. The molecule has 0 saturated heterocycles. The van der Waals surface area contributed by atoms with Gasteiger partial charge in [0.2, 0.25) is 0 Å². The van der Waals surface area contributed by atoms with E-state index >= 15 is 0 Å². The van der Waals surface area contributed by atoms with E-state index in [1.165, 1.54) is 7.05 Å². The second kappa shape index (κ2) is 2.57. The lowest BCUT2D eigenvalue weighted by molar-refractivity contribution is 0.201. The van der Waals surface area contributed by atoms with Crippen molar-refractivity contribution in [2.24, 2.45) is 0 Å². The summed E-state index contributed by atoms with van der Waals surface area (Å²) < 4.78 is 4.57. The molecule has 0 unspecified atom stereocenters. The molecule has 0 aliphatic rings. The number of carbonyl (C=O) groups is 1. The molecule has 1 N–H and O–H groups in total. The number of nitrogens with zero attached hydrogens (tertiary/aromatic N) is 3. The lowest BCUT2D eigenvalue weighted by Gasteiger charge is -2.03. The third kappa shape index (κ3) is 1.46. The number of hydrogen-bond donors (Lipinski definition) is 1. The van der Waals surface area contributed by atoms with Crippen LogP contribution in [0.5, 0.6) is 0 Å². The topological polar surface area (TPSA) is 79.5 Å². The molecule has 0 aliphatic heterocycles. The fourth-order valence-corrected chi connectivity index (χ4v) is 0.504. The zero-order valence-electron chi connectivity index (χ0n) is 6.11. The van der Waals surface area contributed by atoms with Gasteiger partial charge >= 0.3 is 12.1 Å². The first-order chi connectivity index (χ1) is 5.11. The molecular weight excluding hydrogens is 150 g/mol. The van der Waals surface area contributed by atoms with Crippen LogP contribution in [0.15, 0.2) is 4.52 Å². The molecule has 0 radical (unpaired) electrons. The number of aryl methyl sites for hydroxylation is 1. The summed E-state index contributed by atoms with van der Waals surface area (Å²) >= 11 is 0. The van der Waals surface area contributed by atoms with E-state index in [0.717, 1.165) is 4.90 Å². The minimum absolute atomic E-state index is 0.0185. The standard InChI is InChI=1S/C5H7N3O3/c1-3-6-4(11-7-3)8(2)5(9)10/h1-2H3,(H,9,10). The Kier molecular flexibility index (Phi) is 1.75. The maximum atomic E-state index is 10.3. The van der Waals surface area contributed by atoms with Crippen molar-refractivity contribution in [2.45, 2.75) is 6.92 Å². The van der Waals surface area contributed by atoms with E-state index in [2.05, 4.69) is 14.7 Å². The lowest BCUT2D eigenvalue weighted by atomic mass is 10.7. The Morgan fingerprint density at radius 3 is 2.73 bits per heavy atom. The van der Waals surface area contributed by atoms with E-state index in [0.29, 0.717) is 5.82 Å². The Morgan fingerprint density at radius 2 is 2.36 bits per heavy atom. The Hall–Kier alpha value is -1.59. The average Bonchev–Trinajstić information content (AvgIpc) is 2.34. The lowest BCUT2D eigenvalue weighted by Crippen LogP contribution is -2.23. The van der Waals surface area contributed by atoms with Gasteiger partial charge < -0.3 is 9.63 Å². The first-order valence-electron chi connectivity index (χ1n) is 2.88. The van der Waals surface area contributed by atoms with Crippen LogP contribution in [-0.4, -0.2) is 28.4 Å². The molecule has 60 valence electrons. The van der Waals surface area contributed by atoms with Gasteiger partial charge in [0.25, 0.3) is 0 Å². The van der Waals surface area contributed by atoms with Crippen molar-refractivity contribution in [2.75, 3.05) is 11.9 Å². The summed E-state index contributed by atoms with van der Waals surface area (Å²) in [6, 6.07) is -0.0185. The molecule has 0 aliphatic carbocycles. The van der Waals surface area contributed by atoms with Crippen molar-refractivity contribution in [3.8, 4) is 0 Å². The summed E-state index contributed by atoms with van der Waals surface area (Å²) in [7, 11) is 1.33. The highest BCUT2D eigenvalue weighted by Crippen LogP contribution is 2.07. The van der Waals surface area contributed by atoms with Crippen molar-refractivity contribution >= 4 is 12.1 Å². The van der Waals surface area contributed by atoms with E-state index < -0.39 is 6.09 Å². The summed E-state index contributed by atoms with van der Waals surface area (Å²) in [6.45, 7) is 1.61. The monoisotopic (exact) mass is 157 g/mol. The summed E-state index contributed by atoms with van der Waals surface area (Å²) in [5, 5.41) is 11.9. The molecule has 6 heteroatoms. The Labute approximate surface area is 62.4 Å².